The smallest absolute Gasteiger partial charge is 0.165 e. The van der Waals surface area contributed by atoms with E-state index in [1.54, 1.807) is 0 Å². The van der Waals surface area contributed by atoms with Crippen LogP contribution in [-0.4, -0.2) is 19.1 Å². The van der Waals surface area contributed by atoms with Gasteiger partial charge in [-0.25, -0.2) is 9.97 Å². The lowest BCUT2D eigenvalue weighted by molar-refractivity contribution is 1.03. The Labute approximate surface area is 249 Å². The molecule has 0 saturated carbocycles. The van der Waals surface area contributed by atoms with Crippen LogP contribution in [0.3, 0.4) is 0 Å². The van der Waals surface area contributed by atoms with Crippen LogP contribution in [0.15, 0.2) is 134 Å². The van der Waals surface area contributed by atoms with Gasteiger partial charge in [-0.3, -0.25) is 4.57 Å². The molecule has 43 heavy (non-hydrogen) atoms. The molecule has 0 aliphatic rings. The van der Waals surface area contributed by atoms with Crippen LogP contribution in [0, 0.1) is 0 Å². The maximum absolute atomic E-state index is 5.28. The van der Waals surface area contributed by atoms with Crippen LogP contribution in [0.1, 0.15) is 18.2 Å². The highest BCUT2D eigenvalue weighted by atomic mass is 15.1. The molecule has 0 radical (unpaired) electrons. The first-order chi connectivity index (χ1) is 21.3. The molecule has 0 amide bonds. The Balaban J connectivity index is 1.55. The summed E-state index contributed by atoms with van der Waals surface area (Å²) >= 11 is 0. The fraction of sp³-hybridized carbons (Fsp3) is 0.0256. The van der Waals surface area contributed by atoms with Crippen LogP contribution in [0.4, 0.5) is 0 Å². The third-order valence-electron chi connectivity index (χ3n) is 8.19. The van der Waals surface area contributed by atoms with Crippen LogP contribution in [0.2, 0.25) is 0 Å². The van der Waals surface area contributed by atoms with Crippen molar-refractivity contribution < 1.29 is 0 Å². The molecule has 0 atom stereocenters. The van der Waals surface area contributed by atoms with Crippen LogP contribution < -0.4 is 0 Å². The third-order valence-corrected chi connectivity index (χ3v) is 8.19. The van der Waals surface area contributed by atoms with E-state index in [1.165, 1.54) is 16.3 Å². The number of aromatic nitrogens is 4. The molecular weight excluding hydrogens is 524 g/mol. The Morgan fingerprint density at radius 1 is 0.605 bits per heavy atom. The molecule has 0 spiro atoms. The lowest BCUT2D eigenvalue weighted by atomic mass is 10.1. The van der Waals surface area contributed by atoms with Crippen LogP contribution in [0.25, 0.3) is 78.7 Å². The Kier molecular flexibility index (Phi) is 5.80. The zero-order valence-corrected chi connectivity index (χ0v) is 23.8. The van der Waals surface area contributed by atoms with Gasteiger partial charge in [-0.1, -0.05) is 97.6 Å². The molecule has 0 unspecified atom stereocenters. The molecule has 0 saturated heterocycles. The number of hydrogen-bond donors (Lipinski definition) is 0. The van der Waals surface area contributed by atoms with Crippen LogP contribution in [-0.2, 0) is 0 Å². The molecule has 0 fully saturated rings. The Bertz CT molecular complexity index is 2360. The molecule has 0 N–H and O–H groups in total. The van der Waals surface area contributed by atoms with Crippen molar-refractivity contribution in [1.82, 2.24) is 19.1 Å². The number of nitrogens with zero attached hydrogens (tertiary/aromatic N) is 4. The van der Waals surface area contributed by atoms with Crippen molar-refractivity contribution in [3.8, 4) is 22.8 Å². The molecule has 0 aliphatic carbocycles. The molecular formula is C39H28N4. The van der Waals surface area contributed by atoms with Gasteiger partial charge in [0.25, 0.3) is 0 Å². The number of para-hydroxylation sites is 4. The van der Waals surface area contributed by atoms with Crippen LogP contribution in [0.5, 0.6) is 0 Å². The molecule has 204 valence electrons. The minimum Gasteiger partial charge on any atom is -0.309 e. The predicted octanol–water partition coefficient (Wildman–Crippen LogP) is 10.0. The summed E-state index contributed by atoms with van der Waals surface area (Å²) in [6.07, 6.45) is 6.19. The number of allylic oxidation sites excluding steroid dienone is 1. The summed E-state index contributed by atoms with van der Waals surface area (Å²) in [4.78, 5) is 10.5. The highest BCUT2D eigenvalue weighted by Crippen LogP contribution is 2.40. The SMILES string of the molecule is C=Cc1c(/C=C\C)n(-c2nc3ccccc3nc2-c2ccccc2)c2cc3c4ccccc4n(-c4ccccc4)c3cc12. The summed E-state index contributed by atoms with van der Waals surface area (Å²) in [6.45, 7) is 6.32. The maximum Gasteiger partial charge on any atom is 0.165 e. The first-order valence-electron chi connectivity index (χ1n) is 14.5. The van der Waals surface area contributed by atoms with Gasteiger partial charge in [0, 0.05) is 33.0 Å². The average Bonchev–Trinajstić information content (AvgIpc) is 3.55. The molecule has 3 heterocycles. The Hall–Kier alpha value is -5.74. The van der Waals surface area contributed by atoms with Crippen LogP contribution >= 0.6 is 0 Å². The van der Waals surface area contributed by atoms with E-state index in [-0.39, 0.29) is 0 Å². The molecule has 4 nitrogen and oxygen atoms in total. The quantitative estimate of drug-likeness (QED) is 0.213. The van der Waals surface area contributed by atoms with E-state index in [1.807, 2.05) is 55.5 Å². The number of hydrogen-bond acceptors (Lipinski definition) is 2. The molecule has 8 rings (SSSR count). The fourth-order valence-corrected chi connectivity index (χ4v) is 6.35. The van der Waals surface area contributed by atoms with E-state index < -0.39 is 0 Å². The first-order valence-corrected chi connectivity index (χ1v) is 14.5. The number of fused-ring (bicyclic) bond motifs is 5. The van der Waals surface area contributed by atoms with Crippen molar-refractivity contribution in [2.24, 2.45) is 0 Å². The van der Waals surface area contributed by atoms with E-state index in [2.05, 4.69) is 107 Å². The molecule has 0 bridgehead atoms. The van der Waals surface area contributed by atoms with Gasteiger partial charge in [0.2, 0.25) is 0 Å². The molecule has 3 aromatic heterocycles. The van der Waals surface area contributed by atoms with E-state index in [0.717, 1.165) is 61.5 Å². The van der Waals surface area contributed by atoms with Crippen molar-refractivity contribution in [3.63, 3.8) is 0 Å². The summed E-state index contributed by atoms with van der Waals surface area (Å²) in [7, 11) is 0. The minimum absolute atomic E-state index is 0.794. The fourth-order valence-electron chi connectivity index (χ4n) is 6.35. The highest BCUT2D eigenvalue weighted by molar-refractivity contribution is 6.15. The van der Waals surface area contributed by atoms with E-state index in [4.69, 9.17) is 9.97 Å². The lowest BCUT2D eigenvalue weighted by Gasteiger charge is -2.14. The van der Waals surface area contributed by atoms with Crippen molar-refractivity contribution >= 4 is 55.9 Å². The summed E-state index contributed by atoms with van der Waals surface area (Å²) in [5.41, 5.74) is 10.2. The Morgan fingerprint density at radius 3 is 1.98 bits per heavy atom. The van der Waals surface area contributed by atoms with Gasteiger partial charge in [-0.2, -0.15) is 0 Å². The minimum atomic E-state index is 0.794. The van der Waals surface area contributed by atoms with Gasteiger partial charge < -0.3 is 4.57 Å². The number of benzene rings is 5. The third kappa shape index (κ3) is 3.84. The lowest BCUT2D eigenvalue weighted by Crippen LogP contribution is -2.05. The van der Waals surface area contributed by atoms with Gasteiger partial charge in [0.05, 0.1) is 33.3 Å². The second-order valence-corrected chi connectivity index (χ2v) is 10.7. The monoisotopic (exact) mass is 552 g/mol. The molecule has 5 aromatic carbocycles. The van der Waals surface area contributed by atoms with Gasteiger partial charge in [0.15, 0.2) is 5.82 Å². The molecule has 4 heteroatoms. The van der Waals surface area contributed by atoms with E-state index in [9.17, 15) is 0 Å². The zero-order chi connectivity index (χ0) is 28.9. The maximum atomic E-state index is 5.28. The van der Waals surface area contributed by atoms with Crippen molar-refractivity contribution in [3.05, 3.63) is 145 Å². The standard InChI is InChI=1S/C39H28N4/c1-3-15-34-28(4-2)30-24-36-31(29-20-11-14-23-35(29)42(36)27-18-9-6-10-19-27)25-37(30)43(34)39-38(26-16-7-5-8-17-26)40-32-21-12-13-22-33(32)41-39/h3-25H,2H2,1H3/b15-3-. The molecule has 0 aliphatic heterocycles. The van der Waals surface area contributed by atoms with Crippen molar-refractivity contribution in [2.75, 3.05) is 0 Å². The summed E-state index contributed by atoms with van der Waals surface area (Å²) in [5.74, 6) is 0.794. The molecule has 8 aromatic rings. The first kappa shape index (κ1) is 25.0. The highest BCUT2D eigenvalue weighted by Gasteiger charge is 2.23. The summed E-state index contributed by atoms with van der Waals surface area (Å²) in [6, 6.07) is 42.2. The second kappa shape index (κ2) is 9.97. The van der Waals surface area contributed by atoms with Gasteiger partial charge in [-0.05, 0) is 55.5 Å². The second-order valence-electron chi connectivity index (χ2n) is 10.7. The Morgan fingerprint density at radius 2 is 1.23 bits per heavy atom. The van der Waals surface area contributed by atoms with Crippen molar-refractivity contribution in [2.45, 2.75) is 6.92 Å². The summed E-state index contributed by atoms with van der Waals surface area (Å²) < 4.78 is 4.62. The van der Waals surface area contributed by atoms with E-state index >= 15 is 0 Å². The van der Waals surface area contributed by atoms with E-state index in [0.29, 0.717) is 0 Å². The summed E-state index contributed by atoms with van der Waals surface area (Å²) in [5, 5.41) is 3.50. The zero-order valence-electron chi connectivity index (χ0n) is 23.8. The van der Waals surface area contributed by atoms with Gasteiger partial charge in [-0.15, -0.1) is 0 Å². The van der Waals surface area contributed by atoms with Crippen molar-refractivity contribution in [1.29, 1.82) is 0 Å². The predicted molar refractivity (Wildman–Crippen MR) is 181 cm³/mol. The normalized spacial score (nSPS) is 11.8. The average molecular weight is 553 g/mol. The topological polar surface area (TPSA) is 35.6 Å². The number of rotatable bonds is 5. The van der Waals surface area contributed by atoms with Gasteiger partial charge >= 0.3 is 0 Å². The van der Waals surface area contributed by atoms with Gasteiger partial charge in [0.1, 0.15) is 5.69 Å². The largest absolute Gasteiger partial charge is 0.309 e.